The lowest BCUT2D eigenvalue weighted by molar-refractivity contribution is -0.468. The van der Waals surface area contributed by atoms with Crippen LogP contribution in [0.25, 0.3) is 0 Å². The fraction of sp³-hybridized carbons (Fsp3) is 1.00. The largest absolute Gasteiger partial charge is 0.868 e. The fourth-order valence-corrected chi connectivity index (χ4v) is 0.396. The third kappa shape index (κ3) is 4.65. The third-order valence-corrected chi connectivity index (χ3v) is 0.825. The van der Waals surface area contributed by atoms with Crippen LogP contribution in [0.1, 0.15) is 0 Å². The highest BCUT2D eigenvalue weighted by Crippen LogP contribution is 2.35. The van der Waals surface area contributed by atoms with Gasteiger partial charge in [-0.1, -0.05) is 0 Å². The van der Waals surface area contributed by atoms with E-state index < -0.39 is 25.8 Å². The van der Waals surface area contributed by atoms with Crippen molar-refractivity contribution < 1.29 is 46.1 Å². The topological polar surface area (TPSA) is 64.6 Å². The Balaban J connectivity index is 4.44. The zero-order valence-corrected chi connectivity index (χ0v) is 6.06. The monoisotopic (exact) mass is 226 g/mol. The van der Waals surface area contributed by atoms with Gasteiger partial charge >= 0.3 is 12.4 Å². The van der Waals surface area contributed by atoms with Crippen LogP contribution in [0.2, 0.25) is 0 Å². The summed E-state index contributed by atoms with van der Waals surface area (Å²) in [6.45, 7) is 0. The quantitative estimate of drug-likeness (QED) is 0.271. The van der Waals surface area contributed by atoms with Gasteiger partial charge < -0.3 is 14.9 Å². The van der Waals surface area contributed by atoms with Crippen LogP contribution in [-0.4, -0.2) is 25.8 Å². The van der Waals surface area contributed by atoms with E-state index >= 15 is 0 Å². The lowest BCUT2D eigenvalue weighted by Crippen LogP contribution is -2.52. The molecule has 0 aromatic carbocycles. The summed E-state index contributed by atoms with van der Waals surface area (Å²) >= 11 is 0. The molecule has 0 aromatic heterocycles. The van der Waals surface area contributed by atoms with E-state index in [4.69, 9.17) is 0 Å². The molecule has 0 atom stereocenters. The third-order valence-electron chi connectivity index (χ3n) is 0.825. The molecule has 0 bridgehead atoms. The van der Waals surface area contributed by atoms with Crippen molar-refractivity contribution in [3.63, 3.8) is 0 Å². The minimum Gasteiger partial charge on any atom is -0.868 e. The highest BCUT2D eigenvalue weighted by molar-refractivity contribution is 6.27. The molecule has 0 saturated carbocycles. The second-order valence-corrected chi connectivity index (χ2v) is 1.94. The molecule has 11 heteroatoms. The van der Waals surface area contributed by atoms with E-state index in [2.05, 4.69) is 9.69 Å². The zero-order chi connectivity index (χ0) is 11.6. The number of hydrogen-bond acceptors (Lipinski definition) is 4. The maximum Gasteiger partial charge on any atom is 0.426 e. The second kappa shape index (κ2) is 4.34. The van der Waals surface area contributed by atoms with E-state index in [1.165, 1.54) is 0 Å². The Morgan fingerprint density at radius 3 is 1.50 bits per heavy atom. The van der Waals surface area contributed by atoms with Gasteiger partial charge in [-0.3, -0.25) is 0 Å². The summed E-state index contributed by atoms with van der Waals surface area (Å²) in [7, 11) is -3.39. The maximum absolute atomic E-state index is 11.5. The van der Waals surface area contributed by atoms with Crippen molar-refractivity contribution in [2.24, 2.45) is 0 Å². The first-order valence-electron chi connectivity index (χ1n) is 2.82. The van der Waals surface area contributed by atoms with Gasteiger partial charge in [0.25, 0.3) is 6.10 Å². The number of hydrogen-bond donors (Lipinski definition) is 0. The predicted molar refractivity (Wildman–Crippen MR) is 23.8 cm³/mol. The van der Waals surface area contributed by atoms with E-state index in [0.29, 0.717) is 0 Å². The van der Waals surface area contributed by atoms with Gasteiger partial charge in [0.2, 0.25) is 0 Å². The van der Waals surface area contributed by atoms with E-state index in [1.54, 1.807) is 0 Å². The fourth-order valence-electron chi connectivity index (χ4n) is 0.396. The van der Waals surface area contributed by atoms with Gasteiger partial charge in [0, 0.05) is 0 Å². The molecule has 0 aliphatic heterocycles. The maximum atomic E-state index is 11.5. The van der Waals surface area contributed by atoms with Crippen molar-refractivity contribution in [2.75, 3.05) is 0 Å². The molecule has 0 N–H and O–H groups in total. The first kappa shape index (κ1) is 13.5. The molecule has 4 nitrogen and oxygen atoms in total. The molecular weight excluding hydrogens is 225 g/mol. The van der Waals surface area contributed by atoms with Gasteiger partial charge in [0.05, 0.1) is 0 Å². The number of rotatable bonds is 3. The van der Waals surface area contributed by atoms with Crippen molar-refractivity contribution in [3.05, 3.63) is 0 Å². The molecule has 0 rings (SSSR count). The Labute approximate surface area is 73.1 Å². The summed E-state index contributed by atoms with van der Waals surface area (Å²) in [6, 6.07) is 0. The van der Waals surface area contributed by atoms with Crippen LogP contribution in [0, 0.1) is 0 Å². The van der Waals surface area contributed by atoms with Gasteiger partial charge in [-0.15, -0.1) is 0 Å². The molecule has 84 valence electrons. The molecule has 0 aliphatic rings. The van der Waals surface area contributed by atoms with Gasteiger partial charge in [0.15, 0.2) is 0 Å². The van der Waals surface area contributed by atoms with Gasteiger partial charge in [-0.05, 0) is 0 Å². The van der Waals surface area contributed by atoms with Crippen LogP contribution in [-0.2, 0) is 9.69 Å². The molecular formula is C3HBF6O4-2. The number of alkyl halides is 6. The van der Waals surface area contributed by atoms with Crippen LogP contribution in [0.5, 0.6) is 0 Å². The van der Waals surface area contributed by atoms with Crippen molar-refractivity contribution in [2.45, 2.75) is 18.5 Å². The van der Waals surface area contributed by atoms with Crippen LogP contribution in [0.15, 0.2) is 0 Å². The molecule has 0 aromatic rings. The lowest BCUT2D eigenvalue weighted by atomic mass is 10.3. The molecule has 0 radical (unpaired) electrons. The van der Waals surface area contributed by atoms with Crippen LogP contribution >= 0.6 is 0 Å². The van der Waals surface area contributed by atoms with Crippen molar-refractivity contribution in [3.8, 4) is 0 Å². The summed E-state index contributed by atoms with van der Waals surface area (Å²) in [5.74, 6) is 0. The highest BCUT2D eigenvalue weighted by Gasteiger charge is 2.59. The summed E-state index contributed by atoms with van der Waals surface area (Å²) < 4.78 is 69.2. The van der Waals surface area contributed by atoms with Crippen molar-refractivity contribution in [1.82, 2.24) is 0 Å². The summed E-state index contributed by atoms with van der Waals surface area (Å²) in [5.41, 5.74) is 0. The Bertz CT molecular complexity index is 163. The summed E-state index contributed by atoms with van der Waals surface area (Å²) in [4.78, 5) is 5.36. The minimum absolute atomic E-state index is 2.66. The first-order chi connectivity index (χ1) is 6.05. The van der Waals surface area contributed by atoms with Crippen LogP contribution < -0.4 is 10.0 Å². The van der Waals surface area contributed by atoms with Crippen LogP contribution in [0.4, 0.5) is 26.3 Å². The van der Waals surface area contributed by atoms with Crippen molar-refractivity contribution in [1.29, 1.82) is 0 Å². The Morgan fingerprint density at radius 2 is 1.29 bits per heavy atom. The molecule has 0 fully saturated rings. The first-order valence-corrected chi connectivity index (χ1v) is 2.82. The van der Waals surface area contributed by atoms with E-state index in [9.17, 15) is 36.4 Å². The SMILES string of the molecule is [O-]B([O-])OOC(C(F)(F)F)C(F)(F)F. The Hall–Kier alpha value is -0.515. The molecule has 0 aliphatic carbocycles. The molecule has 0 heterocycles. The standard InChI is InChI=1S/C3HBF6O4/c5-2(6,7)1(3(8,9)10)13-14-4(11)12/h1H/q-2. The zero-order valence-electron chi connectivity index (χ0n) is 6.06. The molecule has 0 unspecified atom stereocenters. The summed E-state index contributed by atoms with van der Waals surface area (Å²) in [6.07, 6.45) is -15.9. The predicted octanol–water partition coefficient (Wildman–Crippen LogP) is -0.867. The molecule has 0 spiro atoms. The van der Waals surface area contributed by atoms with Gasteiger partial charge in [-0.2, -0.15) is 26.3 Å². The average Bonchev–Trinajstić information content (AvgIpc) is 1.78. The van der Waals surface area contributed by atoms with E-state index in [-0.39, 0.29) is 0 Å². The van der Waals surface area contributed by atoms with E-state index in [0.717, 1.165) is 0 Å². The van der Waals surface area contributed by atoms with Crippen molar-refractivity contribution >= 4 is 7.32 Å². The average molecular weight is 226 g/mol. The van der Waals surface area contributed by atoms with E-state index in [1.807, 2.05) is 0 Å². The molecule has 0 amide bonds. The molecule has 0 saturated heterocycles. The second-order valence-electron chi connectivity index (χ2n) is 1.94. The Morgan fingerprint density at radius 1 is 0.929 bits per heavy atom. The highest BCUT2D eigenvalue weighted by atomic mass is 19.4. The van der Waals surface area contributed by atoms with Gasteiger partial charge in [0.1, 0.15) is 7.32 Å². The smallest absolute Gasteiger partial charge is 0.426 e. The van der Waals surface area contributed by atoms with Crippen LogP contribution in [0.3, 0.4) is 0 Å². The summed E-state index contributed by atoms with van der Waals surface area (Å²) in [5, 5.41) is 18.9. The minimum atomic E-state index is -5.81. The normalized spacial score (nSPS) is 13.5. The number of halogens is 6. The lowest BCUT2D eigenvalue weighted by Gasteiger charge is -2.29. The molecule has 14 heavy (non-hydrogen) atoms. The van der Waals surface area contributed by atoms with Gasteiger partial charge in [-0.25, -0.2) is 4.89 Å². The Kier molecular flexibility index (Phi) is 4.18.